The minimum atomic E-state index is -0.451. The Kier molecular flexibility index (Phi) is 6.53. The molecule has 4 aromatic rings. The van der Waals surface area contributed by atoms with E-state index < -0.39 is 11.2 Å². The van der Waals surface area contributed by atoms with Crippen LogP contribution in [0.1, 0.15) is 22.2 Å². The Morgan fingerprint density at radius 2 is 1.88 bits per heavy atom. The van der Waals surface area contributed by atoms with Gasteiger partial charge in [-0.15, -0.1) is 11.3 Å². The predicted molar refractivity (Wildman–Crippen MR) is 129 cm³/mol. The van der Waals surface area contributed by atoms with Crippen molar-refractivity contribution in [3.8, 4) is 11.1 Å². The van der Waals surface area contributed by atoms with Crippen LogP contribution in [0.5, 0.6) is 0 Å². The minimum Gasteiger partial charge on any atom is -0.465 e. The predicted octanol–water partition coefficient (Wildman–Crippen LogP) is 5.57. The number of anilines is 1. The third kappa shape index (κ3) is 4.51. The SMILES string of the molecule is COC(=O)c1cccc(NC(=O)C(C)Sc2ncnc3sc(C)c(-c4ccccc4)c23)c1. The van der Waals surface area contributed by atoms with E-state index in [2.05, 4.69) is 34.3 Å². The van der Waals surface area contributed by atoms with Crippen molar-refractivity contribution in [3.63, 3.8) is 0 Å². The van der Waals surface area contributed by atoms with E-state index in [0.29, 0.717) is 11.3 Å². The molecule has 2 heterocycles. The highest BCUT2D eigenvalue weighted by atomic mass is 32.2. The van der Waals surface area contributed by atoms with Gasteiger partial charge in [-0.2, -0.15) is 0 Å². The zero-order valence-corrected chi connectivity index (χ0v) is 19.4. The molecule has 0 aliphatic carbocycles. The molecule has 0 aliphatic rings. The first-order valence-corrected chi connectivity index (χ1v) is 11.6. The number of rotatable bonds is 6. The minimum absolute atomic E-state index is 0.183. The molecule has 1 amide bonds. The van der Waals surface area contributed by atoms with E-state index in [-0.39, 0.29) is 5.91 Å². The summed E-state index contributed by atoms with van der Waals surface area (Å²) in [6, 6.07) is 16.8. The number of carbonyl (C=O) groups excluding carboxylic acids is 2. The first-order chi connectivity index (χ1) is 15.5. The number of ether oxygens (including phenoxy) is 1. The van der Waals surface area contributed by atoms with Gasteiger partial charge in [-0.05, 0) is 37.6 Å². The van der Waals surface area contributed by atoms with Crippen LogP contribution in [0.2, 0.25) is 0 Å². The average Bonchev–Trinajstić information content (AvgIpc) is 3.16. The second kappa shape index (κ2) is 9.50. The van der Waals surface area contributed by atoms with E-state index in [9.17, 15) is 9.59 Å². The number of nitrogens with one attached hydrogen (secondary N) is 1. The number of aromatic nitrogens is 2. The van der Waals surface area contributed by atoms with Gasteiger partial charge >= 0.3 is 5.97 Å². The van der Waals surface area contributed by atoms with E-state index in [1.165, 1.54) is 18.9 Å². The molecule has 0 bridgehead atoms. The van der Waals surface area contributed by atoms with Crippen molar-refractivity contribution < 1.29 is 14.3 Å². The molecule has 162 valence electrons. The Labute approximate surface area is 194 Å². The number of fused-ring (bicyclic) bond motifs is 1. The van der Waals surface area contributed by atoms with Crippen LogP contribution < -0.4 is 5.32 Å². The first-order valence-electron chi connectivity index (χ1n) is 9.93. The van der Waals surface area contributed by atoms with Crippen LogP contribution in [0, 0.1) is 6.92 Å². The summed E-state index contributed by atoms with van der Waals surface area (Å²) in [6.07, 6.45) is 1.54. The number of benzene rings is 2. The topological polar surface area (TPSA) is 81.2 Å². The molecule has 4 rings (SSSR count). The molecule has 6 nitrogen and oxygen atoms in total. The fraction of sp³-hybridized carbons (Fsp3) is 0.167. The van der Waals surface area contributed by atoms with Crippen molar-refractivity contribution in [3.05, 3.63) is 71.4 Å². The lowest BCUT2D eigenvalue weighted by molar-refractivity contribution is -0.115. The van der Waals surface area contributed by atoms with Crippen LogP contribution in [0.4, 0.5) is 5.69 Å². The maximum absolute atomic E-state index is 12.9. The summed E-state index contributed by atoms with van der Waals surface area (Å²) >= 11 is 3.01. The fourth-order valence-corrected chi connectivity index (χ4v) is 5.37. The van der Waals surface area contributed by atoms with Crippen LogP contribution in [-0.4, -0.2) is 34.2 Å². The summed E-state index contributed by atoms with van der Waals surface area (Å²) in [5, 5.41) is 4.19. The van der Waals surface area contributed by atoms with Crippen LogP contribution in [0.3, 0.4) is 0 Å². The largest absolute Gasteiger partial charge is 0.465 e. The first kappa shape index (κ1) is 22.0. The number of thiophene rings is 1. The number of carbonyl (C=O) groups is 2. The molecule has 1 unspecified atom stereocenters. The number of nitrogens with zero attached hydrogens (tertiary/aromatic N) is 2. The summed E-state index contributed by atoms with van der Waals surface area (Å²) in [5.41, 5.74) is 3.12. The number of esters is 1. The molecule has 0 saturated heterocycles. The monoisotopic (exact) mass is 463 g/mol. The van der Waals surface area contributed by atoms with Crippen molar-refractivity contribution in [2.75, 3.05) is 12.4 Å². The third-order valence-corrected chi connectivity index (χ3v) is 7.01. The van der Waals surface area contributed by atoms with Crippen LogP contribution in [0.25, 0.3) is 21.3 Å². The molecular weight excluding hydrogens is 442 g/mol. The summed E-state index contributed by atoms with van der Waals surface area (Å²) in [6.45, 7) is 3.91. The Hall–Kier alpha value is -3.23. The van der Waals surface area contributed by atoms with Crippen molar-refractivity contribution in [2.45, 2.75) is 24.1 Å². The molecule has 32 heavy (non-hydrogen) atoms. The van der Waals surface area contributed by atoms with Crippen LogP contribution in [-0.2, 0) is 9.53 Å². The number of methoxy groups -OCH3 is 1. The smallest absolute Gasteiger partial charge is 0.337 e. The fourth-order valence-electron chi connectivity index (χ4n) is 3.37. The van der Waals surface area contributed by atoms with Crippen molar-refractivity contribution in [2.24, 2.45) is 0 Å². The van der Waals surface area contributed by atoms with Gasteiger partial charge in [0.2, 0.25) is 5.91 Å². The van der Waals surface area contributed by atoms with Crippen molar-refractivity contribution in [1.29, 1.82) is 0 Å². The number of thioether (sulfide) groups is 1. The zero-order valence-electron chi connectivity index (χ0n) is 17.8. The second-order valence-electron chi connectivity index (χ2n) is 7.08. The van der Waals surface area contributed by atoms with Crippen LogP contribution >= 0.6 is 23.1 Å². The van der Waals surface area contributed by atoms with Gasteiger partial charge in [-0.1, -0.05) is 48.2 Å². The molecule has 1 N–H and O–H groups in total. The molecule has 2 aromatic carbocycles. The van der Waals surface area contributed by atoms with Gasteiger partial charge in [-0.3, -0.25) is 4.79 Å². The second-order valence-corrected chi connectivity index (χ2v) is 9.61. The number of hydrogen-bond donors (Lipinski definition) is 1. The molecule has 0 fully saturated rings. The molecule has 2 aromatic heterocycles. The molecular formula is C24H21N3O3S2. The molecule has 0 saturated carbocycles. The summed E-state index contributed by atoms with van der Waals surface area (Å²) < 4.78 is 4.74. The van der Waals surface area contributed by atoms with Crippen molar-refractivity contribution >= 4 is 50.9 Å². The normalized spacial score (nSPS) is 11.8. The number of aryl methyl sites for hydroxylation is 1. The highest BCUT2D eigenvalue weighted by Crippen LogP contribution is 2.42. The lowest BCUT2D eigenvalue weighted by atomic mass is 10.0. The van der Waals surface area contributed by atoms with Crippen molar-refractivity contribution in [1.82, 2.24) is 9.97 Å². The maximum Gasteiger partial charge on any atom is 0.337 e. The zero-order chi connectivity index (χ0) is 22.7. The molecule has 0 radical (unpaired) electrons. The molecule has 1 atom stereocenters. The van der Waals surface area contributed by atoms with Gasteiger partial charge in [0, 0.05) is 16.1 Å². The van der Waals surface area contributed by atoms with E-state index in [0.717, 1.165) is 31.2 Å². The Morgan fingerprint density at radius 1 is 1.09 bits per heavy atom. The van der Waals surface area contributed by atoms with Gasteiger partial charge in [0.25, 0.3) is 0 Å². The van der Waals surface area contributed by atoms with Gasteiger partial charge in [0.1, 0.15) is 16.2 Å². The Bertz CT molecular complexity index is 1290. The Balaban J connectivity index is 1.60. The lowest BCUT2D eigenvalue weighted by Gasteiger charge is -2.13. The van der Waals surface area contributed by atoms with E-state index in [1.54, 1.807) is 41.9 Å². The van der Waals surface area contributed by atoms with E-state index in [1.807, 2.05) is 25.1 Å². The summed E-state index contributed by atoms with van der Waals surface area (Å²) in [4.78, 5) is 35.6. The average molecular weight is 464 g/mol. The van der Waals surface area contributed by atoms with E-state index in [4.69, 9.17) is 4.74 Å². The summed E-state index contributed by atoms with van der Waals surface area (Å²) in [7, 11) is 1.32. The lowest BCUT2D eigenvalue weighted by Crippen LogP contribution is -2.22. The van der Waals surface area contributed by atoms with Gasteiger partial charge in [-0.25, -0.2) is 14.8 Å². The standard InChI is InChI=1S/C24H21N3O3S2/c1-14-19(16-8-5-4-6-9-16)20-22(31-14)25-13-26-23(20)32-15(2)21(28)27-18-11-7-10-17(12-18)24(29)30-3/h4-13,15H,1-3H3,(H,27,28). The maximum atomic E-state index is 12.9. The van der Waals surface area contributed by atoms with E-state index >= 15 is 0 Å². The molecule has 0 spiro atoms. The van der Waals surface area contributed by atoms with Gasteiger partial charge in [0.05, 0.1) is 23.3 Å². The van der Waals surface area contributed by atoms with Gasteiger partial charge in [0.15, 0.2) is 0 Å². The quantitative estimate of drug-likeness (QED) is 0.229. The highest BCUT2D eigenvalue weighted by Gasteiger charge is 2.21. The third-order valence-electron chi connectivity index (χ3n) is 4.90. The number of amides is 1. The molecule has 0 aliphatic heterocycles. The van der Waals surface area contributed by atoms with Crippen LogP contribution in [0.15, 0.2) is 66.0 Å². The van der Waals surface area contributed by atoms with Gasteiger partial charge < -0.3 is 10.1 Å². The Morgan fingerprint density at radius 3 is 2.62 bits per heavy atom. The number of hydrogen-bond acceptors (Lipinski definition) is 7. The summed E-state index contributed by atoms with van der Waals surface area (Å²) in [5.74, 6) is -0.634. The highest BCUT2D eigenvalue weighted by molar-refractivity contribution is 8.00. The molecule has 8 heteroatoms.